The summed E-state index contributed by atoms with van der Waals surface area (Å²) in [5, 5.41) is 0. The van der Waals surface area contributed by atoms with Gasteiger partial charge < -0.3 is 9.80 Å². The fourth-order valence-electron chi connectivity index (χ4n) is 10.2. The van der Waals surface area contributed by atoms with Crippen molar-refractivity contribution in [3.05, 3.63) is 124 Å². The van der Waals surface area contributed by atoms with Gasteiger partial charge in [0.2, 0.25) is 0 Å². The Balaban J connectivity index is 1.39. The second kappa shape index (κ2) is 11.9. The Morgan fingerprint density at radius 1 is 0.455 bits per heavy atom. The molecule has 2 atom stereocenters. The number of hydrogen-bond acceptors (Lipinski definition) is 2. The van der Waals surface area contributed by atoms with Crippen LogP contribution in [0.25, 0.3) is 0 Å². The Bertz CT molecular complexity index is 2340. The first kappa shape index (κ1) is 36.4. The van der Waals surface area contributed by atoms with Crippen molar-refractivity contribution in [1.82, 2.24) is 0 Å². The summed E-state index contributed by atoms with van der Waals surface area (Å²) in [4.78, 5) is 5.27. The van der Waals surface area contributed by atoms with E-state index >= 15 is 0 Å². The third-order valence-electron chi connectivity index (χ3n) is 13.5. The molecule has 2 unspecified atom stereocenters. The highest BCUT2D eigenvalue weighted by Gasteiger charge is 2.46. The molecule has 0 amide bonds. The van der Waals surface area contributed by atoms with Crippen LogP contribution in [0, 0.1) is 6.92 Å². The van der Waals surface area contributed by atoms with Crippen molar-refractivity contribution < 1.29 is 0 Å². The number of hydrogen-bond donors (Lipinski definition) is 0. The standard InChI is InChI=1S/C52H61BN2/c1-31-22-46-48-47(23-31)55(39-26-36(51(8,9)10)25-37(27-39)52(11,12)13)45-30-41-33-15-14-32(24-33)40(41)29-43(45)53(48)42-28-35(50(5,6)7)18-21-44(42)54(46)38-19-16-34(17-20-38)49(2,3)4/h16-23,25-30,32-33H,14-15,24H2,1-13H3. The van der Waals surface area contributed by atoms with Gasteiger partial charge in [-0.05, 0) is 164 Å². The van der Waals surface area contributed by atoms with Crippen molar-refractivity contribution in [2.75, 3.05) is 9.80 Å². The van der Waals surface area contributed by atoms with E-state index < -0.39 is 0 Å². The van der Waals surface area contributed by atoms with E-state index in [0.717, 1.165) is 0 Å². The molecule has 2 aliphatic heterocycles. The van der Waals surface area contributed by atoms with Crippen molar-refractivity contribution in [3.8, 4) is 0 Å². The number of benzene rings is 5. The van der Waals surface area contributed by atoms with Crippen molar-refractivity contribution in [3.63, 3.8) is 0 Å². The number of anilines is 6. The SMILES string of the molecule is Cc1cc2c3c(c1)N(c1cc(C(C)(C)C)cc(C(C)(C)C)c1)c1cc4c(cc1B3c1cc(C(C)(C)C)ccc1N2c1ccc(C(C)(C)C)cc1)C1CCC4C1. The highest BCUT2D eigenvalue weighted by atomic mass is 15.2. The van der Waals surface area contributed by atoms with Gasteiger partial charge in [0, 0.05) is 34.1 Å². The van der Waals surface area contributed by atoms with Crippen LogP contribution in [-0.4, -0.2) is 6.71 Å². The van der Waals surface area contributed by atoms with E-state index in [-0.39, 0.29) is 28.4 Å². The molecule has 5 aromatic rings. The molecule has 9 rings (SSSR count). The molecule has 282 valence electrons. The quantitative estimate of drug-likeness (QED) is 0.164. The Morgan fingerprint density at radius 2 is 0.945 bits per heavy atom. The smallest absolute Gasteiger partial charge is 0.252 e. The third-order valence-corrected chi connectivity index (χ3v) is 13.5. The summed E-state index contributed by atoms with van der Waals surface area (Å²) >= 11 is 0. The molecule has 2 aliphatic carbocycles. The van der Waals surface area contributed by atoms with Crippen LogP contribution in [0.3, 0.4) is 0 Å². The molecule has 0 aromatic heterocycles. The fraction of sp³-hybridized carbons (Fsp3) is 0.423. The average Bonchev–Trinajstić information content (AvgIpc) is 3.72. The van der Waals surface area contributed by atoms with E-state index in [4.69, 9.17) is 0 Å². The average molecular weight is 725 g/mol. The molecule has 0 radical (unpaired) electrons. The maximum absolute atomic E-state index is 2.69. The van der Waals surface area contributed by atoms with E-state index in [0.29, 0.717) is 11.8 Å². The fourth-order valence-corrected chi connectivity index (χ4v) is 10.2. The highest BCUT2D eigenvalue weighted by molar-refractivity contribution is 7.00. The monoisotopic (exact) mass is 724 g/mol. The van der Waals surface area contributed by atoms with Gasteiger partial charge in [-0.1, -0.05) is 119 Å². The van der Waals surface area contributed by atoms with Gasteiger partial charge in [0.15, 0.2) is 0 Å². The number of aryl methyl sites for hydroxylation is 1. The maximum Gasteiger partial charge on any atom is 0.252 e. The molecule has 5 aromatic carbocycles. The zero-order chi connectivity index (χ0) is 39.1. The lowest BCUT2D eigenvalue weighted by atomic mass is 9.33. The van der Waals surface area contributed by atoms with Gasteiger partial charge in [0.1, 0.15) is 0 Å². The number of rotatable bonds is 2. The minimum Gasteiger partial charge on any atom is -0.311 e. The van der Waals surface area contributed by atoms with Crippen molar-refractivity contribution in [2.45, 2.75) is 143 Å². The summed E-state index contributed by atoms with van der Waals surface area (Å²) in [7, 11) is 0. The molecule has 2 bridgehead atoms. The first-order valence-electron chi connectivity index (χ1n) is 21.0. The van der Waals surface area contributed by atoms with Crippen LogP contribution in [-0.2, 0) is 21.7 Å². The zero-order valence-corrected chi connectivity index (χ0v) is 35.8. The molecule has 2 nitrogen and oxygen atoms in total. The minimum atomic E-state index is 0.0125. The maximum atomic E-state index is 2.69. The Hall–Kier alpha value is -4.24. The van der Waals surface area contributed by atoms with E-state index in [1.165, 1.54) is 97.6 Å². The van der Waals surface area contributed by atoms with Crippen molar-refractivity contribution in [1.29, 1.82) is 0 Å². The molecule has 0 spiro atoms. The lowest BCUT2D eigenvalue weighted by Gasteiger charge is -2.45. The van der Waals surface area contributed by atoms with Gasteiger partial charge in [-0.25, -0.2) is 0 Å². The zero-order valence-electron chi connectivity index (χ0n) is 35.8. The van der Waals surface area contributed by atoms with Crippen molar-refractivity contribution >= 4 is 57.2 Å². The number of fused-ring (bicyclic) bond motifs is 9. The summed E-state index contributed by atoms with van der Waals surface area (Å²) < 4.78 is 0. The van der Waals surface area contributed by atoms with E-state index in [1.54, 1.807) is 11.1 Å². The molecular weight excluding hydrogens is 663 g/mol. The molecule has 4 aliphatic rings. The Morgan fingerprint density at radius 3 is 1.49 bits per heavy atom. The Labute approximate surface area is 332 Å². The van der Waals surface area contributed by atoms with E-state index in [1.807, 2.05) is 0 Å². The summed E-state index contributed by atoms with van der Waals surface area (Å²) in [5.41, 5.74) is 22.3. The molecule has 1 saturated carbocycles. The van der Waals surface area contributed by atoms with E-state index in [2.05, 4.69) is 185 Å². The van der Waals surface area contributed by atoms with Crippen LogP contribution in [0.4, 0.5) is 34.1 Å². The molecule has 0 N–H and O–H groups in total. The third kappa shape index (κ3) is 5.81. The normalized spacial score (nSPS) is 18.7. The predicted octanol–water partition coefficient (Wildman–Crippen LogP) is 12.6. The van der Waals surface area contributed by atoms with Gasteiger partial charge >= 0.3 is 0 Å². The molecule has 3 heteroatoms. The van der Waals surface area contributed by atoms with Gasteiger partial charge in [0.25, 0.3) is 6.71 Å². The Kier molecular flexibility index (Phi) is 7.87. The molecule has 1 fully saturated rings. The van der Waals surface area contributed by atoms with Gasteiger partial charge in [0.05, 0.1) is 0 Å². The largest absolute Gasteiger partial charge is 0.311 e. The van der Waals surface area contributed by atoms with Crippen LogP contribution in [0.2, 0.25) is 0 Å². The first-order chi connectivity index (χ1) is 25.7. The minimum absolute atomic E-state index is 0.0125. The summed E-state index contributed by atoms with van der Waals surface area (Å²) in [6, 6.07) is 34.6. The molecule has 2 heterocycles. The first-order valence-corrected chi connectivity index (χ1v) is 21.0. The summed E-state index contributed by atoms with van der Waals surface area (Å²) in [6.45, 7) is 30.6. The second-order valence-electron chi connectivity index (χ2n) is 21.7. The van der Waals surface area contributed by atoms with Crippen LogP contribution in [0.15, 0.2) is 84.9 Å². The molecule has 0 saturated heterocycles. The van der Waals surface area contributed by atoms with E-state index in [9.17, 15) is 0 Å². The van der Waals surface area contributed by atoms with Crippen LogP contribution < -0.4 is 26.2 Å². The summed E-state index contributed by atoms with van der Waals surface area (Å²) in [5.74, 6) is 1.38. The van der Waals surface area contributed by atoms with Crippen LogP contribution in [0.5, 0.6) is 0 Å². The lowest BCUT2D eigenvalue weighted by Crippen LogP contribution is -2.61. The predicted molar refractivity (Wildman–Crippen MR) is 239 cm³/mol. The van der Waals surface area contributed by atoms with Crippen LogP contribution >= 0.6 is 0 Å². The molecular formula is C52H61BN2. The van der Waals surface area contributed by atoms with Gasteiger partial charge in [-0.15, -0.1) is 0 Å². The van der Waals surface area contributed by atoms with Crippen LogP contribution in [0.1, 0.15) is 153 Å². The highest BCUT2D eigenvalue weighted by Crippen LogP contribution is 2.55. The van der Waals surface area contributed by atoms with Gasteiger partial charge in [-0.2, -0.15) is 0 Å². The molecule has 55 heavy (non-hydrogen) atoms. The van der Waals surface area contributed by atoms with Gasteiger partial charge in [-0.3, -0.25) is 0 Å². The lowest BCUT2D eigenvalue weighted by molar-refractivity contribution is 0.569. The summed E-state index contributed by atoms with van der Waals surface area (Å²) in [6.07, 6.45) is 3.97. The number of nitrogens with zero attached hydrogens (tertiary/aromatic N) is 2. The second-order valence-corrected chi connectivity index (χ2v) is 21.7. The van der Waals surface area contributed by atoms with Crippen molar-refractivity contribution in [2.24, 2.45) is 0 Å². The topological polar surface area (TPSA) is 6.48 Å².